The molecular formula is C30H30N2O3S2. The zero-order chi connectivity index (χ0) is 26.4. The molecule has 0 aliphatic heterocycles. The number of nitrogens with one attached hydrogen (secondary N) is 1. The number of hydrogen-bond donors (Lipinski definition) is 1. The van der Waals surface area contributed by atoms with Gasteiger partial charge >= 0.3 is 0 Å². The van der Waals surface area contributed by atoms with Crippen molar-refractivity contribution in [1.82, 2.24) is 0 Å². The van der Waals surface area contributed by atoms with E-state index in [9.17, 15) is 13.2 Å². The first-order valence-corrected chi connectivity index (χ1v) is 14.4. The molecule has 1 N–H and O–H groups in total. The summed E-state index contributed by atoms with van der Waals surface area (Å²) in [6, 6.07) is 29.9. The quantitative estimate of drug-likeness (QED) is 0.244. The minimum Gasteiger partial charge on any atom is -0.324 e. The molecule has 190 valence electrons. The Labute approximate surface area is 223 Å². The van der Waals surface area contributed by atoms with Crippen LogP contribution < -0.4 is 9.62 Å². The summed E-state index contributed by atoms with van der Waals surface area (Å²) >= 11 is 1.75. The molecule has 0 atom stereocenters. The van der Waals surface area contributed by atoms with Gasteiger partial charge in [-0.15, -0.1) is 11.8 Å². The minimum absolute atomic E-state index is 0.139. The smallest absolute Gasteiger partial charge is 0.264 e. The molecule has 0 radical (unpaired) electrons. The normalized spacial score (nSPS) is 11.2. The summed E-state index contributed by atoms with van der Waals surface area (Å²) in [5.74, 6) is 0.407. The Morgan fingerprint density at radius 3 is 2.16 bits per heavy atom. The molecule has 0 fully saturated rings. The molecule has 5 nitrogen and oxygen atoms in total. The molecule has 37 heavy (non-hydrogen) atoms. The van der Waals surface area contributed by atoms with Crippen LogP contribution in [0.4, 0.5) is 11.4 Å². The highest BCUT2D eigenvalue weighted by atomic mass is 32.2. The molecule has 4 aromatic carbocycles. The molecule has 0 saturated carbocycles. The molecule has 1 amide bonds. The van der Waals surface area contributed by atoms with Gasteiger partial charge in [0.05, 0.1) is 10.6 Å². The number of carbonyl (C=O) groups is 1. The molecule has 0 aliphatic rings. The fourth-order valence-corrected chi connectivity index (χ4v) is 6.33. The molecule has 4 rings (SSSR count). The molecule has 0 bridgehead atoms. The van der Waals surface area contributed by atoms with Gasteiger partial charge in [-0.3, -0.25) is 9.10 Å². The van der Waals surface area contributed by atoms with Gasteiger partial charge in [-0.2, -0.15) is 0 Å². The average molecular weight is 531 g/mol. The van der Waals surface area contributed by atoms with Crippen LogP contribution in [0.5, 0.6) is 0 Å². The standard InChI is InChI=1S/C30H30N2O3S2/c1-22-14-15-23(2)29(18-22)32(37(34,35)27-12-8-5-9-13-27)20-30(33)31-28-17-16-25(19-24(28)3)21-36-26-10-6-4-7-11-26/h4-19H,20-21H2,1-3H3,(H,31,33). The number of hydrogen-bond acceptors (Lipinski definition) is 4. The van der Waals surface area contributed by atoms with Crippen molar-refractivity contribution in [1.29, 1.82) is 0 Å². The van der Waals surface area contributed by atoms with Crippen molar-refractivity contribution in [3.8, 4) is 0 Å². The van der Waals surface area contributed by atoms with Crippen LogP contribution in [0, 0.1) is 20.8 Å². The summed E-state index contributed by atoms with van der Waals surface area (Å²) in [6.45, 7) is 5.34. The summed E-state index contributed by atoms with van der Waals surface area (Å²) in [5, 5.41) is 2.92. The van der Waals surface area contributed by atoms with Crippen molar-refractivity contribution in [3.63, 3.8) is 0 Å². The highest BCUT2D eigenvalue weighted by Gasteiger charge is 2.28. The highest BCUT2D eigenvalue weighted by molar-refractivity contribution is 7.98. The maximum Gasteiger partial charge on any atom is 0.264 e. The fourth-order valence-electron chi connectivity index (χ4n) is 3.97. The van der Waals surface area contributed by atoms with Crippen molar-refractivity contribution >= 4 is 39.1 Å². The van der Waals surface area contributed by atoms with Gasteiger partial charge in [0.2, 0.25) is 5.91 Å². The number of sulfonamides is 1. The van der Waals surface area contributed by atoms with Gasteiger partial charge in [0.1, 0.15) is 6.54 Å². The SMILES string of the molecule is Cc1ccc(C)c(N(CC(=O)Nc2ccc(CSc3ccccc3)cc2C)S(=O)(=O)c2ccccc2)c1. The molecule has 0 heterocycles. The molecule has 0 aromatic heterocycles. The van der Waals surface area contributed by atoms with Gasteiger partial charge in [-0.25, -0.2) is 8.42 Å². The topological polar surface area (TPSA) is 66.5 Å². The molecule has 0 unspecified atom stereocenters. The van der Waals surface area contributed by atoms with E-state index in [1.54, 1.807) is 48.2 Å². The van der Waals surface area contributed by atoms with E-state index in [0.29, 0.717) is 11.4 Å². The maximum absolute atomic E-state index is 13.6. The molecule has 0 spiro atoms. The van der Waals surface area contributed by atoms with E-state index in [0.717, 1.165) is 28.0 Å². The zero-order valence-electron chi connectivity index (χ0n) is 21.1. The third-order valence-electron chi connectivity index (χ3n) is 5.97. The fraction of sp³-hybridized carbons (Fsp3) is 0.167. The molecule has 0 aliphatic carbocycles. The number of thioether (sulfide) groups is 1. The van der Waals surface area contributed by atoms with Crippen molar-refractivity contribution in [2.75, 3.05) is 16.2 Å². The van der Waals surface area contributed by atoms with Crippen LogP contribution in [0.15, 0.2) is 107 Å². The third-order valence-corrected chi connectivity index (χ3v) is 8.82. The van der Waals surface area contributed by atoms with E-state index in [2.05, 4.69) is 23.5 Å². The first-order valence-electron chi connectivity index (χ1n) is 12.0. The number of anilines is 2. The second-order valence-corrected chi connectivity index (χ2v) is 11.8. The molecular weight excluding hydrogens is 500 g/mol. The number of rotatable bonds is 9. The van der Waals surface area contributed by atoms with Gasteiger partial charge in [-0.1, -0.05) is 60.7 Å². The second kappa shape index (κ2) is 11.7. The van der Waals surface area contributed by atoms with Crippen LogP contribution in [-0.4, -0.2) is 20.9 Å². The monoisotopic (exact) mass is 530 g/mol. The van der Waals surface area contributed by atoms with Crippen molar-refractivity contribution in [3.05, 3.63) is 119 Å². The Morgan fingerprint density at radius 1 is 0.811 bits per heavy atom. The first-order chi connectivity index (χ1) is 17.7. The highest BCUT2D eigenvalue weighted by Crippen LogP contribution is 2.29. The third kappa shape index (κ3) is 6.61. The van der Waals surface area contributed by atoms with Crippen molar-refractivity contribution in [2.24, 2.45) is 0 Å². The Balaban J connectivity index is 1.54. The van der Waals surface area contributed by atoms with Crippen molar-refractivity contribution in [2.45, 2.75) is 36.3 Å². The number of amides is 1. The maximum atomic E-state index is 13.6. The summed E-state index contributed by atoms with van der Waals surface area (Å²) < 4.78 is 28.5. The number of benzene rings is 4. The van der Waals surface area contributed by atoms with Gasteiger partial charge in [0, 0.05) is 16.3 Å². The summed E-state index contributed by atoms with van der Waals surface area (Å²) in [6.07, 6.45) is 0. The second-order valence-electron chi connectivity index (χ2n) is 8.91. The summed E-state index contributed by atoms with van der Waals surface area (Å²) in [4.78, 5) is 14.5. The lowest BCUT2D eigenvalue weighted by atomic mass is 10.1. The van der Waals surface area contributed by atoms with Crippen LogP contribution >= 0.6 is 11.8 Å². The van der Waals surface area contributed by atoms with E-state index in [-0.39, 0.29) is 11.4 Å². The Hall–Kier alpha value is -3.55. The minimum atomic E-state index is -3.96. The Kier molecular flexibility index (Phi) is 8.36. The largest absolute Gasteiger partial charge is 0.324 e. The van der Waals surface area contributed by atoms with Gasteiger partial charge < -0.3 is 5.32 Å². The van der Waals surface area contributed by atoms with E-state index in [1.807, 2.05) is 63.2 Å². The van der Waals surface area contributed by atoms with Crippen LogP contribution in [0.3, 0.4) is 0 Å². The predicted octanol–water partition coefficient (Wildman–Crippen LogP) is 6.74. The lowest BCUT2D eigenvalue weighted by Crippen LogP contribution is -2.38. The van der Waals surface area contributed by atoms with E-state index >= 15 is 0 Å². The number of carbonyl (C=O) groups excluding carboxylic acids is 1. The number of aryl methyl sites for hydroxylation is 3. The summed E-state index contributed by atoms with van der Waals surface area (Å²) in [7, 11) is -3.96. The number of nitrogens with zero attached hydrogens (tertiary/aromatic N) is 1. The predicted molar refractivity (Wildman–Crippen MR) is 153 cm³/mol. The average Bonchev–Trinajstić information content (AvgIpc) is 2.90. The Bertz CT molecular complexity index is 1490. The van der Waals surface area contributed by atoms with Crippen LogP contribution in [0.1, 0.15) is 22.3 Å². The van der Waals surface area contributed by atoms with Crippen LogP contribution in [0.2, 0.25) is 0 Å². The van der Waals surface area contributed by atoms with Gasteiger partial charge in [-0.05, 0) is 79.4 Å². The molecule has 7 heteroatoms. The van der Waals surface area contributed by atoms with Crippen LogP contribution in [0.25, 0.3) is 0 Å². The zero-order valence-corrected chi connectivity index (χ0v) is 22.8. The Morgan fingerprint density at radius 2 is 1.49 bits per heavy atom. The van der Waals surface area contributed by atoms with Gasteiger partial charge in [0.25, 0.3) is 10.0 Å². The molecule has 4 aromatic rings. The van der Waals surface area contributed by atoms with Gasteiger partial charge in [0.15, 0.2) is 0 Å². The molecule has 0 saturated heterocycles. The lowest BCUT2D eigenvalue weighted by molar-refractivity contribution is -0.114. The lowest BCUT2D eigenvalue weighted by Gasteiger charge is -2.26. The first kappa shape index (κ1) is 26.5. The summed E-state index contributed by atoms with van der Waals surface area (Å²) in [5.41, 5.74) is 4.90. The van der Waals surface area contributed by atoms with E-state index in [4.69, 9.17) is 0 Å². The van der Waals surface area contributed by atoms with Crippen molar-refractivity contribution < 1.29 is 13.2 Å². The van der Waals surface area contributed by atoms with Crippen LogP contribution in [-0.2, 0) is 20.6 Å². The van der Waals surface area contributed by atoms with E-state index in [1.165, 1.54) is 9.20 Å². The van der Waals surface area contributed by atoms with E-state index < -0.39 is 15.9 Å².